The van der Waals surface area contributed by atoms with Crippen molar-refractivity contribution in [1.82, 2.24) is 0 Å². The third kappa shape index (κ3) is 12.0. The maximum atomic E-state index is 11.8. The molecule has 1 unspecified atom stereocenters. The van der Waals surface area contributed by atoms with Gasteiger partial charge in [0, 0.05) is 20.0 Å². The Morgan fingerprint density at radius 2 is 1.59 bits per heavy atom. The minimum atomic E-state index is -0.0606. The van der Waals surface area contributed by atoms with Gasteiger partial charge in [-0.25, -0.2) is 0 Å². The highest BCUT2D eigenvalue weighted by atomic mass is 16.5. The number of ketones is 1. The summed E-state index contributed by atoms with van der Waals surface area (Å²) in [6.45, 7) is 2.81. The quantitative estimate of drug-likeness (QED) is 0.232. The van der Waals surface area contributed by atoms with Crippen LogP contribution in [0.2, 0.25) is 0 Å². The number of allylic oxidation sites excluding steroid dienone is 1. The zero-order valence-electron chi connectivity index (χ0n) is 17.6. The third-order valence-corrected chi connectivity index (χ3v) is 5.27. The first-order valence-electron chi connectivity index (χ1n) is 11.1. The molecule has 27 heavy (non-hydrogen) atoms. The molecule has 0 heterocycles. The SMILES string of the molecule is CCCCCCCCCCOC(=O)CCCCCCC1=CC(OC)CC1=O. The summed E-state index contributed by atoms with van der Waals surface area (Å²) in [5.41, 5.74) is 0.923. The molecule has 1 rings (SSSR count). The van der Waals surface area contributed by atoms with Gasteiger partial charge >= 0.3 is 5.97 Å². The maximum Gasteiger partial charge on any atom is 0.305 e. The van der Waals surface area contributed by atoms with E-state index in [1.165, 1.54) is 38.5 Å². The van der Waals surface area contributed by atoms with Crippen LogP contribution in [0.1, 0.15) is 103 Å². The molecular weight excluding hydrogens is 340 g/mol. The van der Waals surface area contributed by atoms with E-state index in [2.05, 4.69) is 6.92 Å². The van der Waals surface area contributed by atoms with Gasteiger partial charge in [0.05, 0.1) is 12.7 Å². The van der Waals surface area contributed by atoms with Crippen molar-refractivity contribution in [3.8, 4) is 0 Å². The number of carbonyl (C=O) groups excluding carboxylic acids is 2. The Morgan fingerprint density at radius 3 is 2.26 bits per heavy atom. The number of esters is 1. The maximum absolute atomic E-state index is 11.8. The van der Waals surface area contributed by atoms with Gasteiger partial charge in [-0.3, -0.25) is 9.59 Å². The topological polar surface area (TPSA) is 52.6 Å². The monoisotopic (exact) mass is 380 g/mol. The molecule has 0 N–H and O–H groups in total. The lowest BCUT2D eigenvalue weighted by atomic mass is 10.0. The molecule has 0 aliphatic heterocycles. The zero-order valence-corrected chi connectivity index (χ0v) is 17.6. The first kappa shape index (κ1) is 23.9. The first-order chi connectivity index (χ1) is 13.2. The zero-order chi connectivity index (χ0) is 19.7. The van der Waals surface area contributed by atoms with Gasteiger partial charge in [0.1, 0.15) is 0 Å². The van der Waals surface area contributed by atoms with Crippen LogP contribution in [0.15, 0.2) is 11.6 Å². The van der Waals surface area contributed by atoms with Crippen molar-refractivity contribution in [3.63, 3.8) is 0 Å². The van der Waals surface area contributed by atoms with Crippen LogP contribution >= 0.6 is 0 Å². The molecule has 4 nitrogen and oxygen atoms in total. The van der Waals surface area contributed by atoms with E-state index in [1.807, 2.05) is 6.08 Å². The number of carbonyl (C=O) groups is 2. The van der Waals surface area contributed by atoms with Crippen LogP contribution in [0.5, 0.6) is 0 Å². The summed E-state index contributed by atoms with van der Waals surface area (Å²) in [5, 5.41) is 0. The Balaban J connectivity index is 1.87. The van der Waals surface area contributed by atoms with E-state index in [-0.39, 0.29) is 17.9 Å². The Bertz CT molecular complexity index is 442. The van der Waals surface area contributed by atoms with E-state index in [4.69, 9.17) is 9.47 Å². The summed E-state index contributed by atoms with van der Waals surface area (Å²) in [5.74, 6) is 0.168. The van der Waals surface area contributed by atoms with E-state index in [1.54, 1.807) is 7.11 Å². The van der Waals surface area contributed by atoms with Crippen molar-refractivity contribution >= 4 is 11.8 Å². The number of ether oxygens (including phenoxy) is 2. The van der Waals surface area contributed by atoms with E-state index in [9.17, 15) is 9.59 Å². The van der Waals surface area contributed by atoms with Crippen molar-refractivity contribution in [2.75, 3.05) is 13.7 Å². The summed E-state index contributed by atoms with van der Waals surface area (Å²) in [6.07, 6.45) is 17.8. The lowest BCUT2D eigenvalue weighted by molar-refractivity contribution is -0.143. The highest BCUT2D eigenvalue weighted by Crippen LogP contribution is 2.22. The minimum absolute atomic E-state index is 0.0247. The smallest absolute Gasteiger partial charge is 0.305 e. The third-order valence-electron chi connectivity index (χ3n) is 5.27. The van der Waals surface area contributed by atoms with Gasteiger partial charge in [-0.05, 0) is 37.3 Å². The molecule has 156 valence electrons. The highest BCUT2D eigenvalue weighted by Gasteiger charge is 2.22. The van der Waals surface area contributed by atoms with Crippen LogP contribution in [-0.4, -0.2) is 31.6 Å². The molecular formula is C23H40O4. The number of unbranched alkanes of at least 4 members (excludes halogenated alkanes) is 10. The molecule has 0 amide bonds. The number of hydrogen-bond donors (Lipinski definition) is 0. The average Bonchev–Trinajstić information content (AvgIpc) is 3.03. The van der Waals surface area contributed by atoms with Gasteiger partial charge in [0.2, 0.25) is 0 Å². The summed E-state index contributed by atoms with van der Waals surface area (Å²) >= 11 is 0. The van der Waals surface area contributed by atoms with Gasteiger partial charge in [-0.15, -0.1) is 0 Å². The summed E-state index contributed by atoms with van der Waals surface area (Å²) in [6, 6.07) is 0. The van der Waals surface area contributed by atoms with Crippen LogP contribution in [0.4, 0.5) is 0 Å². The van der Waals surface area contributed by atoms with E-state index < -0.39 is 0 Å². The second-order valence-corrected chi connectivity index (χ2v) is 7.70. The predicted molar refractivity (Wildman–Crippen MR) is 110 cm³/mol. The number of Topliss-reactive ketones (excluding diaryl/α,β-unsaturated/α-hetero) is 1. The Morgan fingerprint density at radius 1 is 0.963 bits per heavy atom. The molecule has 1 aliphatic rings. The second-order valence-electron chi connectivity index (χ2n) is 7.70. The standard InChI is InChI=1S/C23H40O4/c1-3-4-5-6-7-8-11-14-17-27-23(25)16-13-10-9-12-15-20-18-21(26-2)19-22(20)24/h18,21H,3-17,19H2,1-2H3. The minimum Gasteiger partial charge on any atom is -0.466 e. The highest BCUT2D eigenvalue weighted by molar-refractivity contribution is 5.98. The average molecular weight is 381 g/mol. The Kier molecular flexibility index (Phi) is 14.0. The predicted octanol–water partition coefficient (Wildman–Crippen LogP) is 5.93. The van der Waals surface area contributed by atoms with Gasteiger partial charge in [-0.1, -0.05) is 64.7 Å². The second kappa shape index (κ2) is 15.9. The summed E-state index contributed by atoms with van der Waals surface area (Å²) < 4.78 is 10.5. The largest absolute Gasteiger partial charge is 0.466 e. The van der Waals surface area contributed by atoms with Gasteiger partial charge in [-0.2, -0.15) is 0 Å². The molecule has 0 aromatic carbocycles. The van der Waals surface area contributed by atoms with Crippen LogP contribution in [0, 0.1) is 0 Å². The number of methoxy groups -OCH3 is 1. The lowest BCUT2D eigenvalue weighted by Gasteiger charge is -2.05. The molecule has 0 aromatic heterocycles. The molecule has 0 bridgehead atoms. The van der Waals surface area contributed by atoms with Crippen LogP contribution in [0.3, 0.4) is 0 Å². The van der Waals surface area contributed by atoms with Gasteiger partial charge < -0.3 is 9.47 Å². The molecule has 1 aliphatic carbocycles. The van der Waals surface area contributed by atoms with E-state index >= 15 is 0 Å². The molecule has 4 heteroatoms. The van der Waals surface area contributed by atoms with Crippen molar-refractivity contribution in [1.29, 1.82) is 0 Å². The van der Waals surface area contributed by atoms with Crippen LogP contribution < -0.4 is 0 Å². The molecule has 0 aromatic rings. The Hall–Kier alpha value is -1.16. The fourth-order valence-electron chi connectivity index (χ4n) is 3.50. The number of rotatable bonds is 17. The lowest BCUT2D eigenvalue weighted by Crippen LogP contribution is -2.05. The van der Waals surface area contributed by atoms with Crippen molar-refractivity contribution in [3.05, 3.63) is 11.6 Å². The normalized spacial score (nSPS) is 16.6. The summed E-state index contributed by atoms with van der Waals surface area (Å²) in [7, 11) is 1.64. The van der Waals surface area contributed by atoms with Gasteiger partial charge in [0.25, 0.3) is 0 Å². The fraction of sp³-hybridized carbons (Fsp3) is 0.826. The van der Waals surface area contributed by atoms with Crippen molar-refractivity contribution < 1.29 is 19.1 Å². The van der Waals surface area contributed by atoms with E-state index in [0.717, 1.165) is 50.5 Å². The summed E-state index contributed by atoms with van der Waals surface area (Å²) in [4.78, 5) is 23.5. The number of hydrogen-bond acceptors (Lipinski definition) is 4. The van der Waals surface area contributed by atoms with Crippen molar-refractivity contribution in [2.45, 2.75) is 109 Å². The molecule has 0 fully saturated rings. The molecule has 0 radical (unpaired) electrons. The van der Waals surface area contributed by atoms with Crippen LogP contribution in [0.25, 0.3) is 0 Å². The molecule has 0 spiro atoms. The molecule has 0 saturated heterocycles. The molecule has 1 atom stereocenters. The van der Waals surface area contributed by atoms with Crippen molar-refractivity contribution in [2.24, 2.45) is 0 Å². The van der Waals surface area contributed by atoms with E-state index in [0.29, 0.717) is 19.4 Å². The Labute approximate surface area is 166 Å². The van der Waals surface area contributed by atoms with Gasteiger partial charge in [0.15, 0.2) is 5.78 Å². The molecule has 0 saturated carbocycles. The van der Waals surface area contributed by atoms with Crippen LogP contribution in [-0.2, 0) is 19.1 Å². The first-order valence-corrected chi connectivity index (χ1v) is 11.1. The fourth-order valence-corrected chi connectivity index (χ4v) is 3.50.